The molecule has 6 nitrogen and oxygen atoms in total. The first-order valence-corrected chi connectivity index (χ1v) is 8.83. The van der Waals surface area contributed by atoms with E-state index in [1.54, 1.807) is 6.07 Å². The summed E-state index contributed by atoms with van der Waals surface area (Å²) < 4.78 is 38.0. The van der Waals surface area contributed by atoms with Crippen LogP contribution >= 0.6 is 28.3 Å². The minimum Gasteiger partial charge on any atom is -0.493 e. The van der Waals surface area contributed by atoms with E-state index in [1.165, 1.54) is 20.3 Å². The Bertz CT molecular complexity index is 623. The number of methoxy groups -OCH3 is 2. The Morgan fingerprint density at radius 2 is 1.86 bits per heavy atom. The normalized spacial score (nSPS) is 15.8. The molecule has 1 unspecified atom stereocenters. The lowest BCUT2D eigenvalue weighted by atomic mass is 10.2. The number of rotatable bonds is 7. The average Bonchev–Trinajstić information content (AvgIpc) is 3.28. The van der Waals surface area contributed by atoms with E-state index in [4.69, 9.17) is 15.2 Å². The van der Waals surface area contributed by atoms with Crippen molar-refractivity contribution >= 4 is 38.4 Å². The summed E-state index contributed by atoms with van der Waals surface area (Å²) >= 11 is 3.25. The maximum atomic E-state index is 12.4. The van der Waals surface area contributed by atoms with Crippen molar-refractivity contribution in [2.24, 2.45) is 11.7 Å². The fourth-order valence-electron chi connectivity index (χ4n) is 2.02. The van der Waals surface area contributed by atoms with Crippen molar-refractivity contribution in [1.82, 2.24) is 4.72 Å². The third kappa shape index (κ3) is 4.48. The van der Waals surface area contributed by atoms with Crippen LogP contribution in [0.5, 0.6) is 11.5 Å². The monoisotopic (exact) mass is 414 g/mol. The molecule has 1 aromatic rings. The van der Waals surface area contributed by atoms with Gasteiger partial charge in [0.05, 0.1) is 14.2 Å². The van der Waals surface area contributed by atoms with Crippen molar-refractivity contribution in [3.05, 3.63) is 16.6 Å². The average molecular weight is 416 g/mol. The summed E-state index contributed by atoms with van der Waals surface area (Å²) in [7, 11) is -0.713. The van der Waals surface area contributed by atoms with Gasteiger partial charge in [0.15, 0.2) is 11.5 Å². The predicted molar refractivity (Wildman–Crippen MR) is 90.4 cm³/mol. The molecule has 0 heterocycles. The van der Waals surface area contributed by atoms with Gasteiger partial charge in [0.25, 0.3) is 0 Å². The van der Waals surface area contributed by atoms with Crippen molar-refractivity contribution in [3.63, 3.8) is 0 Å². The van der Waals surface area contributed by atoms with E-state index < -0.39 is 10.0 Å². The van der Waals surface area contributed by atoms with Crippen LogP contribution in [0.4, 0.5) is 0 Å². The van der Waals surface area contributed by atoms with Crippen LogP contribution in [0, 0.1) is 5.92 Å². The Morgan fingerprint density at radius 1 is 1.32 bits per heavy atom. The fourth-order valence-corrected chi connectivity index (χ4v) is 4.12. The number of hydrogen-bond acceptors (Lipinski definition) is 5. The van der Waals surface area contributed by atoms with Gasteiger partial charge in [-0.05, 0) is 40.8 Å². The van der Waals surface area contributed by atoms with Crippen LogP contribution in [0.2, 0.25) is 0 Å². The molecule has 126 valence electrons. The molecule has 1 fully saturated rings. The van der Waals surface area contributed by atoms with Gasteiger partial charge in [0, 0.05) is 23.1 Å². The summed E-state index contributed by atoms with van der Waals surface area (Å²) in [5.41, 5.74) is 5.92. The topological polar surface area (TPSA) is 90.7 Å². The van der Waals surface area contributed by atoms with Gasteiger partial charge in [-0.25, -0.2) is 13.1 Å². The molecule has 1 atom stereocenters. The summed E-state index contributed by atoms with van der Waals surface area (Å²) in [4.78, 5) is 0.100. The standard InChI is InChI=1S/C13H19BrN2O4S.ClH/c1-19-11-5-9(14)13(6-12(11)20-2)21(17,18)16-7-10(15)8-3-4-8;/h5-6,8,10,16H,3-4,7,15H2,1-2H3;1H. The molecule has 0 aromatic heterocycles. The number of sulfonamides is 1. The largest absolute Gasteiger partial charge is 0.493 e. The van der Waals surface area contributed by atoms with E-state index in [9.17, 15) is 8.42 Å². The molecule has 0 saturated heterocycles. The maximum absolute atomic E-state index is 12.4. The first-order chi connectivity index (χ1) is 9.89. The first-order valence-electron chi connectivity index (χ1n) is 6.55. The smallest absolute Gasteiger partial charge is 0.241 e. The molecule has 22 heavy (non-hydrogen) atoms. The van der Waals surface area contributed by atoms with Crippen molar-refractivity contribution < 1.29 is 17.9 Å². The zero-order valence-electron chi connectivity index (χ0n) is 12.3. The van der Waals surface area contributed by atoms with Gasteiger partial charge in [-0.1, -0.05) is 0 Å². The lowest BCUT2D eigenvalue weighted by molar-refractivity contribution is 0.353. The molecule has 9 heteroatoms. The third-order valence-corrected chi connectivity index (χ3v) is 5.85. The van der Waals surface area contributed by atoms with Gasteiger partial charge in [-0.3, -0.25) is 0 Å². The Kier molecular flexibility index (Phi) is 6.94. The second-order valence-corrected chi connectivity index (χ2v) is 7.58. The highest BCUT2D eigenvalue weighted by Gasteiger charge is 2.30. The Morgan fingerprint density at radius 3 is 2.36 bits per heavy atom. The van der Waals surface area contributed by atoms with Crippen molar-refractivity contribution in [1.29, 1.82) is 0 Å². The number of benzene rings is 1. The molecule has 0 amide bonds. The second kappa shape index (κ2) is 7.83. The number of ether oxygens (including phenoxy) is 2. The number of nitrogens with one attached hydrogen (secondary N) is 1. The second-order valence-electron chi connectivity index (χ2n) is 4.99. The lowest BCUT2D eigenvalue weighted by Gasteiger charge is -2.15. The molecule has 1 saturated carbocycles. The van der Waals surface area contributed by atoms with Crippen molar-refractivity contribution in [3.8, 4) is 11.5 Å². The molecule has 0 aliphatic heterocycles. The summed E-state index contributed by atoms with van der Waals surface area (Å²) in [6, 6.07) is 2.85. The zero-order chi connectivity index (χ0) is 15.6. The molecule has 0 radical (unpaired) electrons. The van der Waals surface area contributed by atoms with Crippen molar-refractivity contribution in [2.75, 3.05) is 20.8 Å². The molecule has 1 aromatic carbocycles. The highest BCUT2D eigenvalue weighted by molar-refractivity contribution is 9.10. The number of halogens is 2. The summed E-state index contributed by atoms with van der Waals surface area (Å²) in [5.74, 6) is 1.24. The number of nitrogens with two attached hydrogens (primary N) is 1. The van der Waals surface area contributed by atoms with Crippen molar-refractivity contribution in [2.45, 2.75) is 23.8 Å². The van der Waals surface area contributed by atoms with Gasteiger partial charge >= 0.3 is 0 Å². The summed E-state index contributed by atoms with van der Waals surface area (Å²) in [6.07, 6.45) is 2.14. The minimum absolute atomic E-state index is 0. The number of hydrogen-bond donors (Lipinski definition) is 2. The highest BCUT2D eigenvalue weighted by atomic mass is 79.9. The Labute approximate surface area is 145 Å². The van der Waals surface area contributed by atoms with E-state index >= 15 is 0 Å². The van der Waals surface area contributed by atoms with E-state index in [0.29, 0.717) is 21.9 Å². The molecule has 0 spiro atoms. The van der Waals surface area contributed by atoms with E-state index in [-0.39, 0.29) is 29.9 Å². The van der Waals surface area contributed by atoms with Crippen LogP contribution in [-0.4, -0.2) is 35.2 Å². The molecular weight excluding hydrogens is 396 g/mol. The van der Waals surface area contributed by atoms with Crippen LogP contribution in [0.1, 0.15) is 12.8 Å². The van der Waals surface area contributed by atoms with E-state index in [0.717, 1.165) is 12.8 Å². The van der Waals surface area contributed by atoms with Crippen LogP contribution in [-0.2, 0) is 10.0 Å². The molecule has 1 aliphatic carbocycles. The maximum Gasteiger partial charge on any atom is 0.241 e. The lowest BCUT2D eigenvalue weighted by Crippen LogP contribution is -2.38. The minimum atomic E-state index is -3.66. The Balaban J connectivity index is 0.00000242. The highest BCUT2D eigenvalue weighted by Crippen LogP contribution is 2.35. The van der Waals surface area contributed by atoms with Gasteiger partial charge in [-0.15, -0.1) is 12.4 Å². The molecule has 1 aliphatic rings. The molecule has 3 N–H and O–H groups in total. The van der Waals surface area contributed by atoms with Gasteiger partial charge in [-0.2, -0.15) is 0 Å². The SMILES string of the molecule is COc1cc(Br)c(S(=O)(=O)NCC(N)C2CC2)cc1OC.Cl. The summed E-state index contributed by atoms with van der Waals surface area (Å²) in [5, 5.41) is 0. The third-order valence-electron chi connectivity index (χ3n) is 3.46. The predicted octanol–water partition coefficient (Wildman–Crippen LogP) is 1.90. The van der Waals surface area contributed by atoms with Gasteiger partial charge in [0.1, 0.15) is 4.90 Å². The first kappa shape index (κ1) is 19.5. The molecular formula is C13H20BrClN2O4S. The summed E-state index contributed by atoms with van der Waals surface area (Å²) in [6.45, 7) is 0.230. The van der Waals surface area contributed by atoms with Crippen LogP contribution in [0.15, 0.2) is 21.5 Å². The van der Waals surface area contributed by atoms with E-state index in [1.807, 2.05) is 0 Å². The van der Waals surface area contributed by atoms with Crippen LogP contribution in [0.25, 0.3) is 0 Å². The zero-order valence-corrected chi connectivity index (χ0v) is 15.6. The fraction of sp³-hybridized carbons (Fsp3) is 0.538. The Hall–Kier alpha value is -0.540. The molecule has 2 rings (SSSR count). The van der Waals surface area contributed by atoms with E-state index in [2.05, 4.69) is 20.7 Å². The van der Waals surface area contributed by atoms with Gasteiger partial charge < -0.3 is 15.2 Å². The quantitative estimate of drug-likeness (QED) is 0.710. The van der Waals surface area contributed by atoms with Crippen LogP contribution in [0.3, 0.4) is 0 Å². The molecule has 0 bridgehead atoms. The van der Waals surface area contributed by atoms with Gasteiger partial charge in [0.2, 0.25) is 10.0 Å². The van der Waals surface area contributed by atoms with Crippen LogP contribution < -0.4 is 19.9 Å².